The quantitative estimate of drug-likeness (QED) is 0.725. The fraction of sp³-hybridized carbons (Fsp3) is 1.00. The molecule has 0 radical (unpaired) electrons. The van der Waals surface area contributed by atoms with Crippen LogP contribution in [0, 0.1) is 5.41 Å². The molecule has 0 aromatic rings. The number of hydrogen-bond acceptors (Lipinski definition) is 4. The van der Waals surface area contributed by atoms with Gasteiger partial charge in [0, 0.05) is 24.6 Å². The molecule has 94 valence electrons. The lowest BCUT2D eigenvalue weighted by molar-refractivity contribution is -0.0591. The highest BCUT2D eigenvalue weighted by Crippen LogP contribution is 2.31. The Morgan fingerprint density at radius 2 is 2.19 bits per heavy atom. The van der Waals surface area contributed by atoms with E-state index in [1.807, 2.05) is 0 Å². The van der Waals surface area contributed by atoms with E-state index in [0.29, 0.717) is 12.6 Å². The summed E-state index contributed by atoms with van der Waals surface area (Å²) in [5.41, 5.74) is -0.0873. The summed E-state index contributed by atoms with van der Waals surface area (Å²) in [5, 5.41) is 18.9. The molecule has 2 aliphatic rings. The summed E-state index contributed by atoms with van der Waals surface area (Å²) in [6, 6.07) is 0.297. The van der Waals surface area contributed by atoms with E-state index in [9.17, 15) is 10.2 Å². The summed E-state index contributed by atoms with van der Waals surface area (Å²) < 4.78 is 5.51. The number of hydrogen-bond donors (Lipinski definition) is 2. The maximum absolute atomic E-state index is 9.59. The zero-order chi connectivity index (χ0) is 11.4. The monoisotopic (exact) mass is 229 g/mol. The van der Waals surface area contributed by atoms with E-state index in [0.717, 1.165) is 45.4 Å². The third-order valence-electron chi connectivity index (χ3n) is 3.99. The summed E-state index contributed by atoms with van der Waals surface area (Å²) in [7, 11) is 0. The van der Waals surface area contributed by atoms with Crippen LogP contribution in [0.5, 0.6) is 0 Å². The molecule has 0 aliphatic carbocycles. The van der Waals surface area contributed by atoms with Crippen LogP contribution < -0.4 is 0 Å². The van der Waals surface area contributed by atoms with Crippen molar-refractivity contribution in [2.45, 2.75) is 31.7 Å². The first-order chi connectivity index (χ1) is 7.79. The van der Waals surface area contributed by atoms with Crippen molar-refractivity contribution in [3.05, 3.63) is 0 Å². The summed E-state index contributed by atoms with van der Waals surface area (Å²) >= 11 is 0. The minimum Gasteiger partial charge on any atom is -0.396 e. The molecule has 2 aliphatic heterocycles. The lowest BCUT2D eigenvalue weighted by Crippen LogP contribution is -2.47. The van der Waals surface area contributed by atoms with E-state index in [-0.39, 0.29) is 18.6 Å². The van der Waals surface area contributed by atoms with Gasteiger partial charge in [0.25, 0.3) is 0 Å². The number of nitrogens with zero attached hydrogens (tertiary/aromatic N) is 1. The Kier molecular flexibility index (Phi) is 4.19. The van der Waals surface area contributed by atoms with E-state index >= 15 is 0 Å². The van der Waals surface area contributed by atoms with Crippen LogP contribution in [0.3, 0.4) is 0 Å². The maximum Gasteiger partial charge on any atom is 0.0586 e. The van der Waals surface area contributed by atoms with Crippen LogP contribution in [0.1, 0.15) is 25.7 Å². The standard InChI is InChI=1S/C12H23NO3/c14-7-11-3-1-5-13(11)8-12(9-15)4-2-6-16-10-12/h11,14-15H,1-10H2. The van der Waals surface area contributed by atoms with Crippen molar-refractivity contribution in [3.63, 3.8) is 0 Å². The van der Waals surface area contributed by atoms with Crippen LogP contribution in [0.25, 0.3) is 0 Å². The predicted octanol–water partition coefficient (Wildman–Crippen LogP) is 0.232. The summed E-state index contributed by atoms with van der Waals surface area (Å²) in [6.07, 6.45) is 4.32. The van der Waals surface area contributed by atoms with Gasteiger partial charge in [0.2, 0.25) is 0 Å². The van der Waals surface area contributed by atoms with Crippen molar-refractivity contribution < 1.29 is 14.9 Å². The minimum atomic E-state index is -0.0873. The van der Waals surface area contributed by atoms with Gasteiger partial charge in [-0.15, -0.1) is 0 Å². The summed E-state index contributed by atoms with van der Waals surface area (Å²) in [5.74, 6) is 0. The van der Waals surface area contributed by atoms with Gasteiger partial charge in [-0.3, -0.25) is 4.90 Å². The van der Waals surface area contributed by atoms with Crippen LogP contribution >= 0.6 is 0 Å². The third-order valence-corrected chi connectivity index (χ3v) is 3.99. The molecule has 2 N–H and O–H groups in total. The van der Waals surface area contributed by atoms with Crippen LogP contribution in [0.15, 0.2) is 0 Å². The second kappa shape index (κ2) is 5.45. The first-order valence-corrected chi connectivity index (χ1v) is 6.33. The molecule has 2 fully saturated rings. The molecule has 0 aromatic carbocycles. The van der Waals surface area contributed by atoms with Crippen molar-refractivity contribution in [2.24, 2.45) is 5.41 Å². The molecule has 0 amide bonds. The van der Waals surface area contributed by atoms with E-state index < -0.39 is 0 Å². The molecule has 4 heteroatoms. The first kappa shape index (κ1) is 12.3. The summed E-state index contributed by atoms with van der Waals surface area (Å²) in [4.78, 5) is 2.32. The van der Waals surface area contributed by atoms with Gasteiger partial charge in [-0.1, -0.05) is 0 Å². The van der Waals surface area contributed by atoms with Crippen molar-refractivity contribution in [1.82, 2.24) is 4.90 Å². The number of aliphatic hydroxyl groups is 2. The normalized spacial score (nSPS) is 36.8. The van der Waals surface area contributed by atoms with Gasteiger partial charge < -0.3 is 14.9 Å². The fourth-order valence-corrected chi connectivity index (χ4v) is 2.95. The van der Waals surface area contributed by atoms with Crippen molar-refractivity contribution >= 4 is 0 Å². The average Bonchev–Trinajstić information content (AvgIpc) is 2.77. The SMILES string of the molecule is OCC1CCCN1CC1(CO)CCCOC1. The molecule has 2 heterocycles. The highest BCUT2D eigenvalue weighted by Gasteiger charge is 2.37. The van der Waals surface area contributed by atoms with Crippen molar-refractivity contribution in [1.29, 1.82) is 0 Å². The Morgan fingerprint density at radius 3 is 2.81 bits per heavy atom. The molecule has 16 heavy (non-hydrogen) atoms. The zero-order valence-electron chi connectivity index (χ0n) is 9.90. The predicted molar refractivity (Wildman–Crippen MR) is 61.3 cm³/mol. The van der Waals surface area contributed by atoms with Gasteiger partial charge in [0.05, 0.1) is 19.8 Å². The minimum absolute atomic E-state index is 0.0873. The lowest BCUT2D eigenvalue weighted by Gasteiger charge is -2.39. The largest absolute Gasteiger partial charge is 0.396 e. The number of ether oxygens (including phenoxy) is 1. The molecule has 0 spiro atoms. The molecule has 0 aromatic heterocycles. The molecule has 2 unspecified atom stereocenters. The molecular weight excluding hydrogens is 206 g/mol. The third kappa shape index (κ3) is 2.56. The second-order valence-electron chi connectivity index (χ2n) is 5.26. The highest BCUT2D eigenvalue weighted by molar-refractivity contribution is 4.89. The summed E-state index contributed by atoms with van der Waals surface area (Å²) in [6.45, 7) is 3.84. The van der Waals surface area contributed by atoms with Gasteiger partial charge in [-0.2, -0.15) is 0 Å². The molecule has 4 nitrogen and oxygen atoms in total. The van der Waals surface area contributed by atoms with E-state index in [2.05, 4.69) is 4.90 Å². The molecule has 0 saturated carbocycles. The highest BCUT2D eigenvalue weighted by atomic mass is 16.5. The average molecular weight is 229 g/mol. The van der Waals surface area contributed by atoms with Gasteiger partial charge in [0.15, 0.2) is 0 Å². The van der Waals surface area contributed by atoms with Gasteiger partial charge in [-0.25, -0.2) is 0 Å². The van der Waals surface area contributed by atoms with E-state index in [4.69, 9.17) is 4.74 Å². The van der Waals surface area contributed by atoms with Crippen LogP contribution in [-0.2, 0) is 4.74 Å². The topological polar surface area (TPSA) is 52.9 Å². The van der Waals surface area contributed by atoms with Crippen LogP contribution in [0.2, 0.25) is 0 Å². The Hall–Kier alpha value is -0.160. The van der Waals surface area contributed by atoms with Gasteiger partial charge in [0.1, 0.15) is 0 Å². The molecule has 2 atom stereocenters. The van der Waals surface area contributed by atoms with E-state index in [1.54, 1.807) is 0 Å². The zero-order valence-corrected chi connectivity index (χ0v) is 9.90. The molecule has 0 bridgehead atoms. The van der Waals surface area contributed by atoms with Crippen LogP contribution in [-0.4, -0.2) is 60.7 Å². The van der Waals surface area contributed by atoms with Gasteiger partial charge >= 0.3 is 0 Å². The number of rotatable bonds is 4. The van der Waals surface area contributed by atoms with Crippen molar-refractivity contribution in [2.75, 3.05) is 39.5 Å². The molecular formula is C12H23NO3. The van der Waals surface area contributed by atoms with Gasteiger partial charge in [-0.05, 0) is 32.2 Å². The first-order valence-electron chi connectivity index (χ1n) is 6.33. The number of likely N-dealkylation sites (tertiary alicyclic amines) is 1. The Bertz CT molecular complexity index is 216. The Balaban J connectivity index is 1.94. The second-order valence-corrected chi connectivity index (χ2v) is 5.26. The smallest absolute Gasteiger partial charge is 0.0586 e. The number of aliphatic hydroxyl groups excluding tert-OH is 2. The Labute approximate surface area is 97.2 Å². The molecule has 2 rings (SSSR count). The van der Waals surface area contributed by atoms with Crippen LogP contribution in [0.4, 0.5) is 0 Å². The van der Waals surface area contributed by atoms with E-state index in [1.165, 1.54) is 0 Å². The molecule has 2 saturated heterocycles. The fourth-order valence-electron chi connectivity index (χ4n) is 2.95. The maximum atomic E-state index is 9.59. The van der Waals surface area contributed by atoms with Crippen molar-refractivity contribution in [3.8, 4) is 0 Å². The lowest BCUT2D eigenvalue weighted by atomic mass is 9.82. The Morgan fingerprint density at radius 1 is 1.31 bits per heavy atom.